The molecule has 23 heavy (non-hydrogen) atoms. The molecule has 2 aromatic rings. The molecular formula is C16H20N2O5. The van der Waals surface area contributed by atoms with Crippen LogP contribution in [-0.2, 0) is 4.79 Å². The first-order valence-corrected chi connectivity index (χ1v) is 7.39. The highest BCUT2D eigenvalue weighted by Gasteiger charge is 2.15. The van der Waals surface area contributed by atoms with Gasteiger partial charge in [-0.15, -0.1) is 0 Å². The van der Waals surface area contributed by atoms with E-state index >= 15 is 0 Å². The first-order valence-electron chi connectivity index (χ1n) is 7.39. The molecule has 1 aromatic carbocycles. The van der Waals surface area contributed by atoms with E-state index in [9.17, 15) is 19.8 Å². The van der Waals surface area contributed by atoms with Crippen molar-refractivity contribution in [3.05, 3.63) is 36.0 Å². The quantitative estimate of drug-likeness (QED) is 0.494. The lowest BCUT2D eigenvalue weighted by Crippen LogP contribution is -2.29. The zero-order chi connectivity index (χ0) is 16.8. The molecule has 1 aromatic heterocycles. The Morgan fingerprint density at radius 2 is 1.96 bits per heavy atom. The molecule has 5 N–H and O–H groups in total. The van der Waals surface area contributed by atoms with Crippen LogP contribution in [0.2, 0.25) is 0 Å². The summed E-state index contributed by atoms with van der Waals surface area (Å²) < 4.78 is 0. The molecule has 0 aliphatic heterocycles. The van der Waals surface area contributed by atoms with Gasteiger partial charge in [-0.2, -0.15) is 0 Å². The SMILES string of the molecule is O=C(O)CC(O)CC(O)CCNC(=O)c1ccc2cc[nH]c2c1. The standard InChI is InChI=1S/C16H20N2O5/c19-12(8-13(20)9-15(21)22)4-6-18-16(23)11-2-1-10-3-5-17-14(10)7-11/h1-3,5,7,12-13,17,19-20H,4,6,8-9H2,(H,18,23)(H,21,22). The number of carboxylic acids is 1. The fraction of sp³-hybridized carbons (Fsp3) is 0.375. The number of H-pyrrole nitrogens is 1. The first-order chi connectivity index (χ1) is 11.0. The smallest absolute Gasteiger partial charge is 0.305 e. The van der Waals surface area contributed by atoms with Gasteiger partial charge in [0.25, 0.3) is 5.91 Å². The van der Waals surface area contributed by atoms with E-state index in [1.54, 1.807) is 18.3 Å². The molecule has 1 amide bonds. The van der Waals surface area contributed by atoms with Crippen LogP contribution in [0, 0.1) is 0 Å². The molecule has 0 radical (unpaired) electrons. The van der Waals surface area contributed by atoms with Crippen LogP contribution in [0.1, 0.15) is 29.6 Å². The van der Waals surface area contributed by atoms with E-state index in [1.807, 2.05) is 12.1 Å². The number of benzene rings is 1. The number of amides is 1. The zero-order valence-corrected chi connectivity index (χ0v) is 12.5. The van der Waals surface area contributed by atoms with Crippen LogP contribution in [0.4, 0.5) is 0 Å². The predicted octanol–water partition coefficient (Wildman–Crippen LogP) is 0.874. The molecule has 124 valence electrons. The number of aliphatic hydroxyl groups is 2. The highest BCUT2D eigenvalue weighted by molar-refractivity contribution is 5.97. The summed E-state index contributed by atoms with van der Waals surface area (Å²) in [4.78, 5) is 25.5. The topological polar surface area (TPSA) is 123 Å². The molecule has 0 bridgehead atoms. The molecule has 2 unspecified atom stereocenters. The summed E-state index contributed by atoms with van der Waals surface area (Å²) in [5.41, 5.74) is 1.38. The second-order valence-corrected chi connectivity index (χ2v) is 5.47. The Balaban J connectivity index is 1.76. The summed E-state index contributed by atoms with van der Waals surface area (Å²) in [7, 11) is 0. The maximum Gasteiger partial charge on any atom is 0.305 e. The van der Waals surface area contributed by atoms with Crippen molar-refractivity contribution in [1.29, 1.82) is 0 Å². The Bertz CT molecular complexity index is 682. The van der Waals surface area contributed by atoms with Gasteiger partial charge in [-0.3, -0.25) is 9.59 Å². The van der Waals surface area contributed by atoms with Crippen LogP contribution in [0.5, 0.6) is 0 Å². The van der Waals surface area contributed by atoms with Crippen molar-refractivity contribution in [1.82, 2.24) is 10.3 Å². The summed E-state index contributed by atoms with van der Waals surface area (Å²) in [6.45, 7) is 0.239. The van der Waals surface area contributed by atoms with Gasteiger partial charge >= 0.3 is 5.97 Å². The van der Waals surface area contributed by atoms with Gasteiger partial charge < -0.3 is 25.6 Å². The number of nitrogens with one attached hydrogen (secondary N) is 2. The molecule has 0 aliphatic rings. The van der Waals surface area contributed by atoms with Crippen LogP contribution >= 0.6 is 0 Å². The lowest BCUT2D eigenvalue weighted by atomic mass is 10.1. The average Bonchev–Trinajstić information content (AvgIpc) is 2.93. The first kappa shape index (κ1) is 17.0. The number of aliphatic hydroxyl groups excluding tert-OH is 2. The second kappa shape index (κ2) is 7.75. The lowest BCUT2D eigenvalue weighted by Gasteiger charge is -2.14. The molecular weight excluding hydrogens is 300 g/mol. The van der Waals surface area contributed by atoms with E-state index in [-0.39, 0.29) is 25.3 Å². The van der Waals surface area contributed by atoms with Crippen LogP contribution in [0.25, 0.3) is 10.9 Å². The van der Waals surface area contributed by atoms with Crippen molar-refractivity contribution in [2.75, 3.05) is 6.54 Å². The maximum absolute atomic E-state index is 12.0. The minimum atomic E-state index is -1.11. The third-order valence-electron chi connectivity index (χ3n) is 3.53. The van der Waals surface area contributed by atoms with Gasteiger partial charge in [-0.1, -0.05) is 6.07 Å². The van der Waals surface area contributed by atoms with E-state index in [4.69, 9.17) is 5.11 Å². The summed E-state index contributed by atoms with van der Waals surface area (Å²) >= 11 is 0. The molecule has 0 aliphatic carbocycles. The van der Waals surface area contributed by atoms with Crippen molar-refractivity contribution in [2.45, 2.75) is 31.5 Å². The fourth-order valence-corrected chi connectivity index (χ4v) is 2.36. The number of aromatic nitrogens is 1. The Kier molecular flexibility index (Phi) is 5.72. The predicted molar refractivity (Wildman–Crippen MR) is 84.1 cm³/mol. The van der Waals surface area contributed by atoms with Crippen LogP contribution in [0.15, 0.2) is 30.5 Å². The Labute approximate surface area is 132 Å². The van der Waals surface area contributed by atoms with E-state index in [1.165, 1.54) is 0 Å². The molecule has 1 heterocycles. The van der Waals surface area contributed by atoms with Crippen LogP contribution < -0.4 is 5.32 Å². The van der Waals surface area contributed by atoms with Gasteiger partial charge in [0, 0.05) is 23.8 Å². The fourth-order valence-electron chi connectivity index (χ4n) is 2.36. The number of fused-ring (bicyclic) bond motifs is 1. The van der Waals surface area contributed by atoms with E-state index in [0.29, 0.717) is 5.56 Å². The lowest BCUT2D eigenvalue weighted by molar-refractivity contribution is -0.139. The molecule has 0 fully saturated rings. The van der Waals surface area contributed by atoms with Gasteiger partial charge in [0.2, 0.25) is 0 Å². The summed E-state index contributed by atoms with van der Waals surface area (Å²) in [6, 6.07) is 7.23. The molecule has 0 spiro atoms. The number of aromatic amines is 1. The highest BCUT2D eigenvalue weighted by Crippen LogP contribution is 2.14. The minimum Gasteiger partial charge on any atom is -0.481 e. The average molecular weight is 320 g/mol. The van der Waals surface area contributed by atoms with Crippen molar-refractivity contribution in [3.63, 3.8) is 0 Å². The Morgan fingerprint density at radius 1 is 1.17 bits per heavy atom. The second-order valence-electron chi connectivity index (χ2n) is 5.47. The number of carbonyl (C=O) groups is 2. The third kappa shape index (κ3) is 5.08. The molecule has 7 heteroatoms. The summed E-state index contributed by atoms with van der Waals surface area (Å²) in [6.07, 6.45) is -0.349. The van der Waals surface area contributed by atoms with E-state index in [2.05, 4.69) is 10.3 Å². The summed E-state index contributed by atoms with van der Waals surface area (Å²) in [5, 5.41) is 31.4. The molecule has 7 nitrogen and oxygen atoms in total. The van der Waals surface area contributed by atoms with Crippen molar-refractivity contribution in [3.8, 4) is 0 Å². The monoisotopic (exact) mass is 320 g/mol. The number of carboxylic acid groups (broad SMARTS) is 1. The Hall–Kier alpha value is -2.38. The Morgan fingerprint density at radius 3 is 2.70 bits per heavy atom. The molecule has 0 saturated heterocycles. The van der Waals surface area contributed by atoms with Gasteiger partial charge in [-0.05, 0) is 36.4 Å². The van der Waals surface area contributed by atoms with Gasteiger partial charge in [-0.25, -0.2) is 0 Å². The largest absolute Gasteiger partial charge is 0.481 e. The number of hydrogen-bond acceptors (Lipinski definition) is 4. The van der Waals surface area contributed by atoms with Gasteiger partial charge in [0.05, 0.1) is 18.6 Å². The minimum absolute atomic E-state index is 0.0311. The molecule has 0 saturated carbocycles. The zero-order valence-electron chi connectivity index (χ0n) is 12.5. The number of carbonyl (C=O) groups excluding carboxylic acids is 1. The van der Waals surface area contributed by atoms with Crippen molar-refractivity contribution in [2.24, 2.45) is 0 Å². The van der Waals surface area contributed by atoms with Gasteiger partial charge in [0.15, 0.2) is 0 Å². The molecule has 2 rings (SSSR count). The third-order valence-corrected chi connectivity index (χ3v) is 3.53. The van der Waals surface area contributed by atoms with Crippen LogP contribution in [0.3, 0.4) is 0 Å². The maximum atomic E-state index is 12.0. The number of aliphatic carboxylic acids is 1. The van der Waals surface area contributed by atoms with E-state index in [0.717, 1.165) is 10.9 Å². The van der Waals surface area contributed by atoms with E-state index < -0.39 is 24.6 Å². The van der Waals surface area contributed by atoms with Crippen molar-refractivity contribution >= 4 is 22.8 Å². The summed E-state index contributed by atoms with van der Waals surface area (Å²) in [5.74, 6) is -1.36. The van der Waals surface area contributed by atoms with Gasteiger partial charge in [0.1, 0.15) is 0 Å². The number of hydrogen-bond donors (Lipinski definition) is 5. The van der Waals surface area contributed by atoms with Crippen LogP contribution in [-0.4, -0.2) is 50.9 Å². The number of rotatable bonds is 8. The van der Waals surface area contributed by atoms with Crippen molar-refractivity contribution < 1.29 is 24.9 Å². The normalized spacial score (nSPS) is 13.7. The molecule has 2 atom stereocenters. The highest BCUT2D eigenvalue weighted by atomic mass is 16.4.